The average Bonchev–Trinajstić information content (AvgIpc) is 3.02. The summed E-state index contributed by atoms with van der Waals surface area (Å²) in [6.07, 6.45) is 4.01. The lowest BCUT2D eigenvalue weighted by Gasteiger charge is -2.23. The summed E-state index contributed by atoms with van der Waals surface area (Å²) in [5, 5.41) is 13.4. The van der Waals surface area contributed by atoms with Crippen LogP contribution in [-0.4, -0.2) is 22.8 Å². The molecule has 1 atom stereocenters. The van der Waals surface area contributed by atoms with E-state index in [0.717, 1.165) is 42.0 Å². The van der Waals surface area contributed by atoms with Crippen LogP contribution in [0.4, 0.5) is 26.0 Å². The van der Waals surface area contributed by atoms with E-state index in [9.17, 15) is 8.78 Å². The smallest absolute Gasteiger partial charge is 0.159 e. The molecule has 1 aliphatic rings. The van der Waals surface area contributed by atoms with Gasteiger partial charge in [0.25, 0.3) is 0 Å². The van der Waals surface area contributed by atoms with Gasteiger partial charge in [-0.25, -0.2) is 8.78 Å². The molecular weight excluding hydrogens is 322 g/mol. The number of benzene rings is 2. The number of hydrogen-bond acceptors (Lipinski definition) is 4. The molecule has 0 saturated carbocycles. The summed E-state index contributed by atoms with van der Waals surface area (Å²) in [6.45, 7) is 3.18. The molecular formula is C19H18F2N4. The number of halogens is 2. The Morgan fingerprint density at radius 1 is 1.16 bits per heavy atom. The lowest BCUT2D eigenvalue weighted by Crippen LogP contribution is -2.27. The van der Waals surface area contributed by atoms with Gasteiger partial charge in [-0.1, -0.05) is 0 Å². The Morgan fingerprint density at radius 3 is 2.80 bits per heavy atom. The molecule has 1 aromatic heterocycles. The fourth-order valence-electron chi connectivity index (χ4n) is 3.36. The van der Waals surface area contributed by atoms with Crippen molar-refractivity contribution in [3.63, 3.8) is 0 Å². The fraction of sp³-hybridized carbons (Fsp3) is 0.263. The summed E-state index contributed by atoms with van der Waals surface area (Å²) in [5.74, 6) is -0.331. The molecule has 3 aromatic rings. The highest BCUT2D eigenvalue weighted by molar-refractivity contribution is 5.94. The lowest BCUT2D eigenvalue weighted by atomic mass is 10.1. The molecule has 0 radical (unpaired) electrons. The number of aromatic nitrogens is 2. The van der Waals surface area contributed by atoms with Crippen molar-refractivity contribution in [2.24, 2.45) is 0 Å². The Bertz CT molecular complexity index is 928. The van der Waals surface area contributed by atoms with Gasteiger partial charge in [0.1, 0.15) is 11.6 Å². The third-order valence-electron chi connectivity index (χ3n) is 4.68. The Kier molecular flexibility index (Phi) is 3.95. The first kappa shape index (κ1) is 15.7. The number of fused-ring (bicyclic) bond motifs is 1. The van der Waals surface area contributed by atoms with Crippen LogP contribution in [0.15, 0.2) is 42.6 Å². The highest BCUT2D eigenvalue weighted by Gasteiger charge is 2.23. The molecule has 1 N–H and O–H groups in total. The molecule has 4 nitrogen and oxygen atoms in total. The van der Waals surface area contributed by atoms with Gasteiger partial charge in [-0.15, -0.1) is 5.10 Å². The molecule has 6 heteroatoms. The average molecular weight is 340 g/mol. The van der Waals surface area contributed by atoms with Crippen LogP contribution in [0.2, 0.25) is 0 Å². The summed E-state index contributed by atoms with van der Waals surface area (Å²) >= 11 is 0. The van der Waals surface area contributed by atoms with Gasteiger partial charge in [-0.2, -0.15) is 5.10 Å². The van der Waals surface area contributed by atoms with Gasteiger partial charge in [-0.05, 0) is 50.1 Å². The maximum Gasteiger partial charge on any atom is 0.159 e. The molecule has 4 rings (SSSR count). The van der Waals surface area contributed by atoms with Crippen molar-refractivity contribution in [1.82, 2.24) is 10.2 Å². The van der Waals surface area contributed by atoms with Crippen LogP contribution < -0.4 is 10.2 Å². The van der Waals surface area contributed by atoms with Gasteiger partial charge in [0, 0.05) is 35.1 Å². The molecule has 25 heavy (non-hydrogen) atoms. The van der Waals surface area contributed by atoms with Crippen molar-refractivity contribution in [2.45, 2.75) is 25.8 Å². The van der Waals surface area contributed by atoms with Gasteiger partial charge in [-0.3, -0.25) is 0 Å². The Labute approximate surface area is 144 Å². The number of hydrogen-bond donors (Lipinski definition) is 1. The SMILES string of the molecule is CC1CCCN1c1nncc2cc(Nc3ccc(F)cc3F)ccc12. The topological polar surface area (TPSA) is 41.1 Å². The lowest BCUT2D eigenvalue weighted by molar-refractivity contribution is 0.586. The molecule has 1 saturated heterocycles. The van der Waals surface area contributed by atoms with Crippen molar-refractivity contribution in [2.75, 3.05) is 16.8 Å². The maximum atomic E-state index is 13.8. The van der Waals surface area contributed by atoms with Gasteiger partial charge < -0.3 is 10.2 Å². The predicted octanol–water partition coefficient (Wildman–Crippen LogP) is 4.64. The van der Waals surface area contributed by atoms with Crippen molar-refractivity contribution in [3.05, 3.63) is 54.2 Å². The molecule has 1 aliphatic heterocycles. The van der Waals surface area contributed by atoms with E-state index in [1.807, 2.05) is 18.2 Å². The second kappa shape index (κ2) is 6.27. The van der Waals surface area contributed by atoms with Crippen molar-refractivity contribution >= 4 is 28.0 Å². The van der Waals surface area contributed by atoms with E-state index in [1.165, 1.54) is 12.1 Å². The fourth-order valence-corrected chi connectivity index (χ4v) is 3.36. The second-order valence-electron chi connectivity index (χ2n) is 6.40. The minimum atomic E-state index is -0.625. The van der Waals surface area contributed by atoms with Gasteiger partial charge >= 0.3 is 0 Å². The van der Waals surface area contributed by atoms with E-state index in [-0.39, 0.29) is 5.69 Å². The Morgan fingerprint density at radius 2 is 2.04 bits per heavy atom. The van der Waals surface area contributed by atoms with E-state index < -0.39 is 11.6 Å². The van der Waals surface area contributed by atoms with Gasteiger partial charge in [0.15, 0.2) is 5.82 Å². The monoisotopic (exact) mass is 340 g/mol. The number of nitrogens with one attached hydrogen (secondary N) is 1. The predicted molar refractivity (Wildman–Crippen MR) is 95.2 cm³/mol. The zero-order valence-corrected chi connectivity index (χ0v) is 13.8. The minimum absolute atomic E-state index is 0.233. The highest BCUT2D eigenvalue weighted by atomic mass is 19.1. The maximum absolute atomic E-state index is 13.8. The zero-order chi connectivity index (χ0) is 17.4. The molecule has 0 bridgehead atoms. The molecule has 0 amide bonds. The van der Waals surface area contributed by atoms with E-state index in [1.54, 1.807) is 6.20 Å². The number of nitrogens with zero attached hydrogens (tertiary/aromatic N) is 3. The van der Waals surface area contributed by atoms with Crippen LogP contribution in [-0.2, 0) is 0 Å². The van der Waals surface area contributed by atoms with Crippen LogP contribution >= 0.6 is 0 Å². The van der Waals surface area contributed by atoms with Crippen LogP contribution in [0.25, 0.3) is 10.8 Å². The number of rotatable bonds is 3. The first-order valence-electron chi connectivity index (χ1n) is 8.36. The summed E-state index contributed by atoms with van der Waals surface area (Å²) in [4.78, 5) is 2.28. The Hall–Kier alpha value is -2.76. The van der Waals surface area contributed by atoms with E-state index >= 15 is 0 Å². The Balaban J connectivity index is 1.69. The van der Waals surface area contributed by atoms with Crippen LogP contribution in [0.5, 0.6) is 0 Å². The second-order valence-corrected chi connectivity index (χ2v) is 6.40. The highest BCUT2D eigenvalue weighted by Crippen LogP contribution is 2.31. The molecule has 0 aliphatic carbocycles. The standard InChI is InChI=1S/C19H18F2N4/c1-12-3-2-8-25(12)19-16-6-5-15(9-13(16)11-22-24-19)23-18-7-4-14(20)10-17(18)21/h4-7,9-12,23H,2-3,8H2,1H3. The van der Waals surface area contributed by atoms with Gasteiger partial charge in [0.05, 0.1) is 11.9 Å². The molecule has 1 fully saturated rings. The molecule has 1 unspecified atom stereocenters. The van der Waals surface area contributed by atoms with E-state index in [0.29, 0.717) is 11.7 Å². The van der Waals surface area contributed by atoms with E-state index in [2.05, 4.69) is 27.3 Å². The van der Waals surface area contributed by atoms with Crippen molar-refractivity contribution in [3.8, 4) is 0 Å². The van der Waals surface area contributed by atoms with E-state index in [4.69, 9.17) is 0 Å². The zero-order valence-electron chi connectivity index (χ0n) is 13.8. The van der Waals surface area contributed by atoms with Crippen LogP contribution in [0.3, 0.4) is 0 Å². The van der Waals surface area contributed by atoms with Crippen molar-refractivity contribution < 1.29 is 8.78 Å². The summed E-state index contributed by atoms with van der Waals surface area (Å²) in [7, 11) is 0. The third kappa shape index (κ3) is 2.99. The first-order valence-corrected chi connectivity index (χ1v) is 8.36. The normalized spacial score (nSPS) is 17.2. The van der Waals surface area contributed by atoms with Crippen LogP contribution in [0, 0.1) is 11.6 Å². The quantitative estimate of drug-likeness (QED) is 0.754. The minimum Gasteiger partial charge on any atom is -0.353 e. The summed E-state index contributed by atoms with van der Waals surface area (Å²) in [6, 6.07) is 9.66. The summed E-state index contributed by atoms with van der Waals surface area (Å²) < 4.78 is 26.9. The molecule has 0 spiro atoms. The van der Waals surface area contributed by atoms with Gasteiger partial charge in [0.2, 0.25) is 0 Å². The van der Waals surface area contributed by atoms with Crippen molar-refractivity contribution in [1.29, 1.82) is 0 Å². The van der Waals surface area contributed by atoms with Crippen LogP contribution in [0.1, 0.15) is 19.8 Å². The molecule has 2 heterocycles. The number of anilines is 3. The largest absolute Gasteiger partial charge is 0.353 e. The molecule has 2 aromatic carbocycles. The third-order valence-corrected chi connectivity index (χ3v) is 4.68. The first-order chi connectivity index (χ1) is 12.1. The summed E-state index contributed by atoms with van der Waals surface area (Å²) in [5.41, 5.74) is 0.947. The molecule has 128 valence electrons.